The number of fused-ring (bicyclic) bond motifs is 1. The minimum atomic E-state index is -0.602. The Morgan fingerprint density at radius 2 is 2.07 bits per heavy atom. The van der Waals surface area contributed by atoms with Crippen LogP contribution in [0.1, 0.15) is 62.3 Å². The van der Waals surface area contributed by atoms with E-state index in [0.717, 1.165) is 0 Å². The number of ether oxygens (including phenoxy) is 2. The number of hydrogen-bond acceptors (Lipinski definition) is 5. The molecular formula is C21H30N2O5. The molecule has 1 N–H and O–H groups in total. The zero-order valence-electron chi connectivity index (χ0n) is 17.4. The maximum absolute atomic E-state index is 13.0. The van der Waals surface area contributed by atoms with Gasteiger partial charge in [0.2, 0.25) is 0 Å². The predicted octanol–water partition coefficient (Wildman–Crippen LogP) is 3.27. The molecule has 1 aromatic rings. The zero-order valence-corrected chi connectivity index (χ0v) is 17.4. The standard InChI is InChI=1S/C21H30N2O5/c1-13(2)23-11-14(3)17(10-22-20(26)28-21(4,5)6)27-18-15(12-24)8-7-9-16(18)19(23)25/h7-9,12-14,17H,10-11H2,1-6H3,(H,22,26). The molecule has 0 radical (unpaired) electrons. The highest BCUT2D eigenvalue weighted by Gasteiger charge is 2.33. The first-order valence-electron chi connectivity index (χ1n) is 9.56. The van der Waals surface area contributed by atoms with Crippen molar-refractivity contribution in [1.29, 1.82) is 0 Å². The third kappa shape index (κ3) is 5.24. The van der Waals surface area contributed by atoms with E-state index in [2.05, 4.69) is 5.32 Å². The summed E-state index contributed by atoms with van der Waals surface area (Å²) in [6.45, 7) is 11.9. The monoisotopic (exact) mass is 390 g/mol. The van der Waals surface area contributed by atoms with Crippen LogP contribution in [0.3, 0.4) is 0 Å². The molecule has 0 saturated heterocycles. The Labute approximate surface area is 166 Å². The highest BCUT2D eigenvalue weighted by atomic mass is 16.6. The van der Waals surface area contributed by atoms with Gasteiger partial charge in [-0.2, -0.15) is 0 Å². The molecule has 0 aromatic heterocycles. The Morgan fingerprint density at radius 3 is 2.64 bits per heavy atom. The molecule has 2 atom stereocenters. The number of carbonyl (C=O) groups is 3. The summed E-state index contributed by atoms with van der Waals surface area (Å²) in [5, 5.41) is 2.73. The van der Waals surface area contributed by atoms with Gasteiger partial charge in [-0.1, -0.05) is 13.0 Å². The summed E-state index contributed by atoms with van der Waals surface area (Å²) < 4.78 is 11.4. The van der Waals surface area contributed by atoms with Gasteiger partial charge in [0.1, 0.15) is 17.5 Å². The minimum absolute atomic E-state index is 0.0137. The van der Waals surface area contributed by atoms with Crippen molar-refractivity contribution in [2.75, 3.05) is 13.1 Å². The first-order chi connectivity index (χ1) is 13.0. The van der Waals surface area contributed by atoms with Crippen LogP contribution < -0.4 is 10.1 Å². The lowest BCUT2D eigenvalue weighted by atomic mass is 9.98. The number of alkyl carbamates (subject to hydrolysis) is 1. The topological polar surface area (TPSA) is 84.9 Å². The van der Waals surface area contributed by atoms with Gasteiger partial charge in [0, 0.05) is 18.5 Å². The largest absolute Gasteiger partial charge is 0.487 e. The van der Waals surface area contributed by atoms with E-state index in [-0.39, 0.29) is 30.2 Å². The molecule has 2 unspecified atom stereocenters. The van der Waals surface area contributed by atoms with Gasteiger partial charge in [-0.15, -0.1) is 0 Å². The Balaban J connectivity index is 2.32. The van der Waals surface area contributed by atoms with Gasteiger partial charge < -0.3 is 19.7 Å². The van der Waals surface area contributed by atoms with Crippen molar-refractivity contribution in [3.8, 4) is 5.75 Å². The van der Waals surface area contributed by atoms with Gasteiger partial charge in [-0.25, -0.2) is 4.79 Å². The molecule has 7 heteroatoms. The number of aldehydes is 1. The van der Waals surface area contributed by atoms with Gasteiger partial charge in [0.05, 0.1) is 17.7 Å². The average Bonchev–Trinajstić information content (AvgIpc) is 2.59. The summed E-state index contributed by atoms with van der Waals surface area (Å²) in [5.74, 6) is 0.0175. The maximum Gasteiger partial charge on any atom is 0.407 e. The number of para-hydroxylation sites is 1. The molecule has 1 heterocycles. The Hall–Kier alpha value is -2.57. The predicted molar refractivity (Wildman–Crippen MR) is 106 cm³/mol. The van der Waals surface area contributed by atoms with E-state index >= 15 is 0 Å². The normalized spacial score (nSPS) is 20.0. The summed E-state index contributed by atoms with van der Waals surface area (Å²) >= 11 is 0. The van der Waals surface area contributed by atoms with Crippen molar-refractivity contribution in [2.24, 2.45) is 5.92 Å². The van der Waals surface area contributed by atoms with Gasteiger partial charge in [-0.05, 0) is 46.8 Å². The Bertz CT molecular complexity index is 739. The quantitative estimate of drug-likeness (QED) is 0.798. The van der Waals surface area contributed by atoms with Crippen LogP contribution in [0, 0.1) is 5.92 Å². The number of nitrogens with zero attached hydrogens (tertiary/aromatic N) is 1. The van der Waals surface area contributed by atoms with Crippen molar-refractivity contribution in [1.82, 2.24) is 10.2 Å². The summed E-state index contributed by atoms with van der Waals surface area (Å²) in [6.07, 6.45) is -0.288. The number of amides is 2. The van der Waals surface area contributed by atoms with E-state index in [4.69, 9.17) is 9.47 Å². The van der Waals surface area contributed by atoms with Crippen molar-refractivity contribution in [3.05, 3.63) is 29.3 Å². The maximum atomic E-state index is 13.0. The van der Waals surface area contributed by atoms with E-state index < -0.39 is 17.8 Å². The second-order valence-corrected chi connectivity index (χ2v) is 8.41. The van der Waals surface area contributed by atoms with E-state index in [0.29, 0.717) is 24.0 Å². The molecule has 1 aliphatic heterocycles. The van der Waals surface area contributed by atoms with Crippen LogP contribution in [0.25, 0.3) is 0 Å². The third-order valence-electron chi connectivity index (χ3n) is 4.52. The smallest absolute Gasteiger partial charge is 0.407 e. The molecule has 1 aliphatic rings. The second-order valence-electron chi connectivity index (χ2n) is 8.41. The molecular weight excluding hydrogens is 360 g/mol. The molecule has 0 spiro atoms. The Morgan fingerprint density at radius 1 is 1.39 bits per heavy atom. The lowest BCUT2D eigenvalue weighted by Gasteiger charge is -2.37. The van der Waals surface area contributed by atoms with E-state index in [1.165, 1.54) is 0 Å². The second kappa shape index (κ2) is 8.63. The average molecular weight is 390 g/mol. The van der Waals surface area contributed by atoms with Crippen LogP contribution in [0.2, 0.25) is 0 Å². The fraction of sp³-hybridized carbons (Fsp3) is 0.571. The van der Waals surface area contributed by atoms with Crippen molar-refractivity contribution >= 4 is 18.3 Å². The SMILES string of the molecule is CC1CN(C(C)C)C(=O)c2cccc(C=O)c2OC1CNC(=O)OC(C)(C)C. The molecule has 1 aromatic carbocycles. The molecule has 2 rings (SSSR count). The van der Waals surface area contributed by atoms with Crippen LogP contribution in [0.15, 0.2) is 18.2 Å². The summed E-state index contributed by atoms with van der Waals surface area (Å²) in [4.78, 5) is 38.3. The van der Waals surface area contributed by atoms with Crippen LogP contribution >= 0.6 is 0 Å². The number of benzene rings is 1. The van der Waals surface area contributed by atoms with Crippen LogP contribution in [0.4, 0.5) is 4.79 Å². The highest BCUT2D eigenvalue weighted by molar-refractivity contribution is 6.00. The summed E-state index contributed by atoms with van der Waals surface area (Å²) in [6, 6.07) is 4.93. The van der Waals surface area contributed by atoms with Crippen LogP contribution in [0.5, 0.6) is 5.75 Å². The summed E-state index contributed by atoms with van der Waals surface area (Å²) in [5.41, 5.74) is 0.0636. The molecule has 0 fully saturated rings. The van der Waals surface area contributed by atoms with E-state index in [9.17, 15) is 14.4 Å². The first-order valence-corrected chi connectivity index (χ1v) is 9.56. The molecule has 0 aliphatic carbocycles. The fourth-order valence-electron chi connectivity index (χ4n) is 3.07. The summed E-state index contributed by atoms with van der Waals surface area (Å²) in [7, 11) is 0. The third-order valence-corrected chi connectivity index (χ3v) is 4.52. The van der Waals surface area contributed by atoms with E-state index in [1.54, 1.807) is 43.9 Å². The van der Waals surface area contributed by atoms with Crippen molar-refractivity contribution < 1.29 is 23.9 Å². The number of nitrogens with one attached hydrogen (secondary N) is 1. The van der Waals surface area contributed by atoms with Crippen molar-refractivity contribution in [3.63, 3.8) is 0 Å². The molecule has 0 saturated carbocycles. The molecule has 0 bridgehead atoms. The number of hydrogen-bond donors (Lipinski definition) is 1. The minimum Gasteiger partial charge on any atom is -0.487 e. The van der Waals surface area contributed by atoms with Gasteiger partial charge >= 0.3 is 6.09 Å². The Kier molecular flexibility index (Phi) is 6.69. The van der Waals surface area contributed by atoms with Crippen LogP contribution in [-0.2, 0) is 4.74 Å². The highest BCUT2D eigenvalue weighted by Crippen LogP contribution is 2.30. The van der Waals surface area contributed by atoms with Crippen LogP contribution in [-0.4, -0.2) is 54.0 Å². The zero-order chi connectivity index (χ0) is 21.1. The van der Waals surface area contributed by atoms with Gasteiger partial charge in [-0.3, -0.25) is 9.59 Å². The lowest BCUT2D eigenvalue weighted by Crippen LogP contribution is -2.49. The molecule has 28 heavy (non-hydrogen) atoms. The fourth-order valence-corrected chi connectivity index (χ4v) is 3.07. The number of rotatable bonds is 4. The van der Waals surface area contributed by atoms with E-state index in [1.807, 2.05) is 20.8 Å². The lowest BCUT2D eigenvalue weighted by molar-refractivity contribution is 0.0401. The molecule has 7 nitrogen and oxygen atoms in total. The van der Waals surface area contributed by atoms with Crippen molar-refractivity contribution in [2.45, 2.75) is 59.3 Å². The molecule has 154 valence electrons. The van der Waals surface area contributed by atoms with Gasteiger partial charge in [0.15, 0.2) is 6.29 Å². The molecule has 2 amide bonds. The first kappa shape index (κ1) is 21.7. The van der Waals surface area contributed by atoms with Gasteiger partial charge in [0.25, 0.3) is 5.91 Å². The number of carbonyl (C=O) groups excluding carboxylic acids is 3.